The van der Waals surface area contributed by atoms with E-state index < -0.39 is 32.6 Å². The van der Waals surface area contributed by atoms with Crippen molar-refractivity contribution in [3.8, 4) is 0 Å². The molecule has 0 aromatic heterocycles. The first-order valence-electron chi connectivity index (χ1n) is 5.02. The number of hydrogen-bond acceptors (Lipinski definition) is 3. The van der Waals surface area contributed by atoms with Gasteiger partial charge in [-0.05, 0) is 25.1 Å². The first kappa shape index (κ1) is 14.5. The lowest BCUT2D eigenvalue weighted by Gasteiger charge is -2.13. The van der Waals surface area contributed by atoms with Gasteiger partial charge in [-0.1, -0.05) is 0 Å². The minimum absolute atomic E-state index is 0.0177. The number of halogens is 2. The molecule has 8 heteroatoms. The van der Waals surface area contributed by atoms with Gasteiger partial charge in [0.25, 0.3) is 0 Å². The highest BCUT2D eigenvalue weighted by atomic mass is 32.2. The summed E-state index contributed by atoms with van der Waals surface area (Å²) in [7, 11) is -4.18. The number of nitrogens with one attached hydrogen (secondary N) is 2. The molecule has 0 radical (unpaired) electrons. The summed E-state index contributed by atoms with van der Waals surface area (Å²) in [6, 6.07) is 1.47. The highest BCUT2D eigenvalue weighted by molar-refractivity contribution is 7.89. The number of nitrogens with two attached hydrogens (primary N) is 1. The van der Waals surface area contributed by atoms with Gasteiger partial charge in [-0.25, -0.2) is 21.9 Å². The average Bonchev–Trinajstić information content (AvgIpc) is 2.19. The second-order valence-electron chi connectivity index (χ2n) is 3.83. The van der Waals surface area contributed by atoms with E-state index in [4.69, 9.17) is 11.1 Å². The number of amidine groups is 1. The van der Waals surface area contributed by atoms with Crippen molar-refractivity contribution in [2.24, 2.45) is 5.73 Å². The molecule has 1 aromatic rings. The summed E-state index contributed by atoms with van der Waals surface area (Å²) in [5.41, 5.74) is 5.12. The van der Waals surface area contributed by atoms with Crippen molar-refractivity contribution in [2.45, 2.75) is 24.3 Å². The summed E-state index contributed by atoms with van der Waals surface area (Å²) in [5, 5.41) is 7.02. The molecule has 0 aliphatic rings. The van der Waals surface area contributed by atoms with Gasteiger partial charge in [0, 0.05) is 12.5 Å². The van der Waals surface area contributed by atoms with E-state index in [1.807, 2.05) is 0 Å². The molecule has 1 atom stereocenters. The van der Waals surface area contributed by atoms with Crippen LogP contribution in [0.4, 0.5) is 8.78 Å². The Morgan fingerprint density at radius 2 is 2.11 bits per heavy atom. The Balaban J connectivity index is 2.99. The Kier molecular flexibility index (Phi) is 4.36. The molecule has 1 unspecified atom stereocenters. The predicted molar refractivity (Wildman–Crippen MR) is 62.7 cm³/mol. The third-order valence-electron chi connectivity index (χ3n) is 2.07. The lowest BCUT2D eigenvalue weighted by atomic mass is 10.2. The van der Waals surface area contributed by atoms with Crippen LogP contribution in [0.15, 0.2) is 23.1 Å². The van der Waals surface area contributed by atoms with Crippen LogP contribution in [0.1, 0.15) is 13.3 Å². The molecule has 18 heavy (non-hydrogen) atoms. The molecular formula is C10H13F2N3O2S. The summed E-state index contributed by atoms with van der Waals surface area (Å²) in [6.45, 7) is 1.47. The Labute approximate surface area is 104 Å². The molecule has 1 aromatic carbocycles. The van der Waals surface area contributed by atoms with Gasteiger partial charge in [0.05, 0.1) is 5.84 Å². The molecular weight excluding hydrogens is 264 g/mol. The van der Waals surface area contributed by atoms with Crippen LogP contribution in [0.25, 0.3) is 0 Å². The molecule has 1 rings (SSSR count). The topological polar surface area (TPSA) is 96.0 Å². The van der Waals surface area contributed by atoms with Crippen LogP contribution < -0.4 is 10.5 Å². The summed E-state index contributed by atoms with van der Waals surface area (Å²) in [4.78, 5) is -0.766. The largest absolute Gasteiger partial charge is 0.388 e. The van der Waals surface area contributed by atoms with Crippen LogP contribution in [0.2, 0.25) is 0 Å². The maximum Gasteiger partial charge on any atom is 0.243 e. The zero-order valence-electron chi connectivity index (χ0n) is 9.57. The fourth-order valence-electron chi connectivity index (χ4n) is 1.38. The Morgan fingerprint density at radius 3 is 2.67 bits per heavy atom. The van der Waals surface area contributed by atoms with Crippen LogP contribution in [0.5, 0.6) is 0 Å². The quantitative estimate of drug-likeness (QED) is 0.552. The van der Waals surface area contributed by atoms with E-state index in [9.17, 15) is 17.2 Å². The van der Waals surface area contributed by atoms with Gasteiger partial charge < -0.3 is 5.73 Å². The zero-order valence-corrected chi connectivity index (χ0v) is 10.4. The molecule has 0 amide bonds. The third kappa shape index (κ3) is 3.74. The van der Waals surface area contributed by atoms with E-state index in [1.54, 1.807) is 0 Å². The molecule has 4 N–H and O–H groups in total. The van der Waals surface area contributed by atoms with Crippen molar-refractivity contribution in [1.29, 1.82) is 5.41 Å². The van der Waals surface area contributed by atoms with Crippen LogP contribution >= 0.6 is 0 Å². The van der Waals surface area contributed by atoms with E-state index in [-0.39, 0.29) is 12.3 Å². The van der Waals surface area contributed by atoms with Gasteiger partial charge in [0.1, 0.15) is 16.5 Å². The van der Waals surface area contributed by atoms with Crippen LogP contribution in [0.3, 0.4) is 0 Å². The van der Waals surface area contributed by atoms with Crippen molar-refractivity contribution >= 4 is 15.9 Å². The predicted octanol–water partition coefficient (Wildman–Crippen LogP) is 0.958. The van der Waals surface area contributed by atoms with Crippen LogP contribution in [-0.4, -0.2) is 20.3 Å². The average molecular weight is 277 g/mol. The van der Waals surface area contributed by atoms with Gasteiger partial charge in [-0.15, -0.1) is 0 Å². The van der Waals surface area contributed by atoms with Gasteiger partial charge >= 0.3 is 0 Å². The van der Waals surface area contributed by atoms with Crippen molar-refractivity contribution in [2.75, 3.05) is 0 Å². The van der Waals surface area contributed by atoms with Crippen molar-refractivity contribution in [1.82, 2.24) is 4.72 Å². The maximum absolute atomic E-state index is 13.3. The molecule has 0 bridgehead atoms. The van der Waals surface area contributed by atoms with Crippen LogP contribution in [-0.2, 0) is 10.0 Å². The normalized spacial score (nSPS) is 13.3. The standard InChI is InChI=1S/C10H13F2N3O2S/c1-6(4-10(13)14)15-18(16,17)9-5-7(11)2-3-8(9)12/h2-3,5-6,15H,4H2,1H3,(H3,13,14). The van der Waals surface area contributed by atoms with E-state index >= 15 is 0 Å². The Bertz CT molecular complexity index is 560. The lowest BCUT2D eigenvalue weighted by molar-refractivity contribution is 0.537. The maximum atomic E-state index is 13.3. The van der Waals surface area contributed by atoms with E-state index in [0.717, 1.165) is 12.1 Å². The Morgan fingerprint density at radius 1 is 1.50 bits per heavy atom. The molecule has 0 fully saturated rings. The fraction of sp³-hybridized carbons (Fsp3) is 0.300. The zero-order chi connectivity index (χ0) is 13.9. The molecule has 0 spiro atoms. The number of sulfonamides is 1. The number of benzene rings is 1. The number of rotatable bonds is 5. The molecule has 100 valence electrons. The van der Waals surface area contributed by atoms with Crippen LogP contribution in [0, 0.1) is 17.0 Å². The van der Waals surface area contributed by atoms with Gasteiger partial charge in [-0.2, -0.15) is 0 Å². The summed E-state index contributed by atoms with van der Waals surface area (Å²) in [6.07, 6.45) is -0.0177. The van der Waals surface area contributed by atoms with Crippen molar-refractivity contribution < 1.29 is 17.2 Å². The second-order valence-corrected chi connectivity index (χ2v) is 5.51. The molecule has 0 aliphatic heterocycles. The SMILES string of the molecule is CC(CC(=N)N)NS(=O)(=O)c1cc(F)ccc1F. The molecule has 0 aliphatic carbocycles. The molecule has 0 saturated heterocycles. The summed E-state index contributed by atoms with van der Waals surface area (Å²) in [5.74, 6) is -2.10. The van der Waals surface area contributed by atoms with Crippen molar-refractivity contribution in [3.63, 3.8) is 0 Å². The number of hydrogen-bond donors (Lipinski definition) is 3. The summed E-state index contributed by atoms with van der Waals surface area (Å²) >= 11 is 0. The lowest BCUT2D eigenvalue weighted by Crippen LogP contribution is -2.36. The smallest absolute Gasteiger partial charge is 0.243 e. The fourth-order valence-corrected chi connectivity index (χ4v) is 2.72. The third-order valence-corrected chi connectivity index (χ3v) is 3.67. The van der Waals surface area contributed by atoms with E-state index in [1.165, 1.54) is 6.92 Å². The van der Waals surface area contributed by atoms with E-state index in [2.05, 4.69) is 4.72 Å². The molecule has 5 nitrogen and oxygen atoms in total. The Hall–Kier alpha value is -1.54. The van der Waals surface area contributed by atoms with Gasteiger partial charge in [0.15, 0.2) is 0 Å². The molecule has 0 saturated carbocycles. The van der Waals surface area contributed by atoms with E-state index in [0.29, 0.717) is 6.07 Å². The second kappa shape index (κ2) is 5.40. The van der Waals surface area contributed by atoms with Gasteiger partial charge in [0.2, 0.25) is 10.0 Å². The molecule has 0 heterocycles. The summed E-state index contributed by atoms with van der Waals surface area (Å²) < 4.78 is 51.9. The highest BCUT2D eigenvalue weighted by Gasteiger charge is 2.22. The monoisotopic (exact) mass is 277 g/mol. The van der Waals surface area contributed by atoms with Gasteiger partial charge in [-0.3, -0.25) is 5.41 Å². The first-order chi connectivity index (χ1) is 8.22. The van der Waals surface area contributed by atoms with Crippen molar-refractivity contribution in [3.05, 3.63) is 29.8 Å². The minimum Gasteiger partial charge on any atom is -0.388 e. The highest BCUT2D eigenvalue weighted by Crippen LogP contribution is 2.16. The minimum atomic E-state index is -4.18. The first-order valence-corrected chi connectivity index (χ1v) is 6.51.